The Morgan fingerprint density at radius 2 is 2.18 bits per heavy atom. The summed E-state index contributed by atoms with van der Waals surface area (Å²) in [5, 5.41) is 12.9. The predicted octanol–water partition coefficient (Wildman–Crippen LogP) is 1.31. The van der Waals surface area contributed by atoms with E-state index in [0.29, 0.717) is 10.9 Å². The van der Waals surface area contributed by atoms with Crippen LogP contribution in [-0.2, 0) is 4.79 Å². The molecule has 0 unspecified atom stereocenters. The summed E-state index contributed by atoms with van der Waals surface area (Å²) in [5.41, 5.74) is 1.79. The number of hydrogen-bond donors (Lipinski definition) is 1. The van der Waals surface area contributed by atoms with Crippen LogP contribution in [0.1, 0.15) is 18.3 Å². The van der Waals surface area contributed by atoms with E-state index in [1.165, 1.54) is 0 Å². The molecule has 2 rings (SSSR count). The SMILES string of the molecule is Cc1cc(C)n2nc(S[C@@H](C)C(=O)O)nc2n1. The van der Waals surface area contributed by atoms with E-state index in [9.17, 15) is 4.79 Å². The summed E-state index contributed by atoms with van der Waals surface area (Å²) in [6.45, 7) is 5.39. The molecule has 0 bridgehead atoms. The van der Waals surface area contributed by atoms with Gasteiger partial charge in [0, 0.05) is 11.4 Å². The van der Waals surface area contributed by atoms with Gasteiger partial charge < -0.3 is 5.11 Å². The Morgan fingerprint density at radius 1 is 1.47 bits per heavy atom. The minimum absolute atomic E-state index is 0.432. The second kappa shape index (κ2) is 4.33. The lowest BCUT2D eigenvalue weighted by Gasteiger charge is -1.99. The molecule has 0 aromatic carbocycles. The van der Waals surface area contributed by atoms with Gasteiger partial charge in [-0.3, -0.25) is 4.79 Å². The summed E-state index contributed by atoms with van der Waals surface area (Å²) in [5.74, 6) is -0.377. The van der Waals surface area contributed by atoms with Crippen LogP contribution in [-0.4, -0.2) is 35.9 Å². The Morgan fingerprint density at radius 3 is 2.82 bits per heavy atom. The van der Waals surface area contributed by atoms with Crippen molar-refractivity contribution >= 4 is 23.5 Å². The summed E-state index contributed by atoms with van der Waals surface area (Å²) in [6.07, 6.45) is 0. The summed E-state index contributed by atoms with van der Waals surface area (Å²) in [7, 11) is 0. The molecule has 0 spiro atoms. The molecule has 0 amide bonds. The standard InChI is InChI=1S/C10H12N4O2S/c1-5-4-6(2)14-9(11-5)12-10(13-14)17-7(3)8(15)16/h4,7H,1-3H3,(H,15,16)/t7-/m0/s1. The van der Waals surface area contributed by atoms with E-state index in [1.54, 1.807) is 11.4 Å². The van der Waals surface area contributed by atoms with E-state index in [0.717, 1.165) is 23.1 Å². The molecule has 0 saturated carbocycles. The first-order valence-electron chi connectivity index (χ1n) is 5.08. The van der Waals surface area contributed by atoms with Gasteiger partial charge in [0.1, 0.15) is 5.25 Å². The molecular weight excluding hydrogens is 240 g/mol. The molecule has 2 aromatic rings. The minimum atomic E-state index is -0.880. The largest absolute Gasteiger partial charge is 0.480 e. The second-order valence-electron chi connectivity index (χ2n) is 3.74. The van der Waals surface area contributed by atoms with Crippen molar-refractivity contribution in [2.75, 3.05) is 0 Å². The molecule has 0 saturated heterocycles. The normalized spacial score (nSPS) is 12.9. The van der Waals surface area contributed by atoms with Crippen molar-refractivity contribution in [2.24, 2.45) is 0 Å². The van der Waals surface area contributed by atoms with Gasteiger partial charge in [-0.05, 0) is 26.8 Å². The van der Waals surface area contributed by atoms with Gasteiger partial charge in [-0.15, -0.1) is 5.10 Å². The first kappa shape index (κ1) is 11.8. The van der Waals surface area contributed by atoms with E-state index < -0.39 is 11.2 Å². The number of aromatic nitrogens is 4. The molecular formula is C10H12N4O2S. The third-order valence-corrected chi connectivity index (χ3v) is 3.17. The summed E-state index contributed by atoms with van der Waals surface area (Å²) in [6, 6.07) is 1.90. The molecule has 7 heteroatoms. The van der Waals surface area contributed by atoms with Crippen molar-refractivity contribution in [3.8, 4) is 0 Å². The van der Waals surface area contributed by atoms with Gasteiger partial charge in [-0.25, -0.2) is 9.50 Å². The summed E-state index contributed by atoms with van der Waals surface area (Å²) in [4.78, 5) is 19.2. The number of hydrogen-bond acceptors (Lipinski definition) is 5. The second-order valence-corrected chi connectivity index (χ2v) is 5.05. The van der Waals surface area contributed by atoms with Crippen LogP contribution in [0.4, 0.5) is 0 Å². The predicted molar refractivity (Wildman–Crippen MR) is 63.2 cm³/mol. The van der Waals surface area contributed by atoms with Gasteiger partial charge in [0.05, 0.1) is 0 Å². The quantitative estimate of drug-likeness (QED) is 0.829. The van der Waals surface area contributed by atoms with E-state index >= 15 is 0 Å². The van der Waals surface area contributed by atoms with Crippen LogP contribution in [0.25, 0.3) is 5.78 Å². The number of thioether (sulfide) groups is 1. The molecule has 1 N–H and O–H groups in total. The van der Waals surface area contributed by atoms with Crippen LogP contribution >= 0.6 is 11.8 Å². The Labute approximate surface area is 102 Å². The van der Waals surface area contributed by atoms with Gasteiger partial charge in [-0.1, -0.05) is 11.8 Å². The van der Waals surface area contributed by atoms with Gasteiger partial charge in [0.2, 0.25) is 5.16 Å². The smallest absolute Gasteiger partial charge is 0.316 e. The zero-order valence-corrected chi connectivity index (χ0v) is 10.5. The van der Waals surface area contributed by atoms with E-state index in [2.05, 4.69) is 15.1 Å². The zero-order valence-electron chi connectivity index (χ0n) is 9.71. The average molecular weight is 252 g/mol. The average Bonchev–Trinajstić information content (AvgIpc) is 2.60. The number of fused-ring (bicyclic) bond motifs is 1. The number of carboxylic acid groups (broad SMARTS) is 1. The van der Waals surface area contributed by atoms with Crippen molar-refractivity contribution in [1.29, 1.82) is 0 Å². The number of carboxylic acids is 1. The third-order valence-electron chi connectivity index (χ3n) is 2.23. The number of nitrogens with zero attached hydrogens (tertiary/aromatic N) is 4. The lowest BCUT2D eigenvalue weighted by molar-refractivity contribution is -0.136. The maximum Gasteiger partial charge on any atom is 0.316 e. The first-order chi connectivity index (χ1) is 7.97. The summed E-state index contributed by atoms with van der Waals surface area (Å²) >= 11 is 1.11. The Balaban J connectivity index is 2.38. The number of carbonyl (C=O) groups is 1. The highest BCUT2D eigenvalue weighted by atomic mass is 32.2. The van der Waals surface area contributed by atoms with E-state index in [1.807, 2.05) is 19.9 Å². The van der Waals surface area contributed by atoms with Gasteiger partial charge >= 0.3 is 5.97 Å². The Bertz CT molecular complexity index is 581. The molecule has 0 radical (unpaired) electrons. The summed E-state index contributed by atoms with van der Waals surface area (Å²) < 4.78 is 1.61. The highest BCUT2D eigenvalue weighted by Crippen LogP contribution is 2.20. The molecule has 0 aliphatic heterocycles. The van der Waals surface area contributed by atoms with E-state index in [-0.39, 0.29) is 0 Å². The molecule has 0 aliphatic carbocycles. The monoisotopic (exact) mass is 252 g/mol. The van der Waals surface area contributed by atoms with Gasteiger partial charge in [-0.2, -0.15) is 4.98 Å². The number of aryl methyl sites for hydroxylation is 2. The molecule has 17 heavy (non-hydrogen) atoms. The van der Waals surface area contributed by atoms with Crippen LogP contribution in [0.5, 0.6) is 0 Å². The van der Waals surface area contributed by atoms with Crippen molar-refractivity contribution < 1.29 is 9.90 Å². The third kappa shape index (κ3) is 2.38. The maximum absolute atomic E-state index is 10.7. The highest BCUT2D eigenvalue weighted by molar-refractivity contribution is 8.00. The van der Waals surface area contributed by atoms with E-state index in [4.69, 9.17) is 5.11 Å². The van der Waals surface area contributed by atoms with Crippen LogP contribution in [0.15, 0.2) is 11.2 Å². The fourth-order valence-electron chi connectivity index (χ4n) is 1.41. The molecule has 6 nitrogen and oxygen atoms in total. The number of aliphatic carboxylic acids is 1. The molecule has 90 valence electrons. The van der Waals surface area contributed by atoms with Crippen molar-refractivity contribution in [2.45, 2.75) is 31.2 Å². The number of rotatable bonds is 3. The fraction of sp³-hybridized carbons (Fsp3) is 0.400. The van der Waals surface area contributed by atoms with Crippen LogP contribution in [0, 0.1) is 13.8 Å². The Hall–Kier alpha value is -1.63. The molecule has 0 aliphatic rings. The van der Waals surface area contributed by atoms with Crippen LogP contribution in [0.3, 0.4) is 0 Å². The lowest BCUT2D eigenvalue weighted by atomic mass is 10.4. The molecule has 2 heterocycles. The van der Waals surface area contributed by atoms with Crippen molar-refractivity contribution in [3.63, 3.8) is 0 Å². The molecule has 1 atom stereocenters. The van der Waals surface area contributed by atoms with Crippen molar-refractivity contribution in [3.05, 3.63) is 17.5 Å². The van der Waals surface area contributed by atoms with Gasteiger partial charge in [0.15, 0.2) is 0 Å². The molecule has 2 aromatic heterocycles. The first-order valence-corrected chi connectivity index (χ1v) is 5.96. The fourth-order valence-corrected chi connectivity index (χ4v) is 2.09. The van der Waals surface area contributed by atoms with Crippen molar-refractivity contribution in [1.82, 2.24) is 19.6 Å². The minimum Gasteiger partial charge on any atom is -0.480 e. The zero-order chi connectivity index (χ0) is 12.6. The van der Waals surface area contributed by atoms with Gasteiger partial charge in [0.25, 0.3) is 5.78 Å². The topological polar surface area (TPSA) is 80.4 Å². The Kier molecular flexibility index (Phi) is 3.01. The van der Waals surface area contributed by atoms with Crippen LogP contribution in [0.2, 0.25) is 0 Å². The molecule has 0 fully saturated rings. The lowest BCUT2D eigenvalue weighted by Crippen LogP contribution is -2.11. The maximum atomic E-state index is 10.7. The highest BCUT2D eigenvalue weighted by Gasteiger charge is 2.16. The van der Waals surface area contributed by atoms with Crippen LogP contribution < -0.4 is 0 Å².